The van der Waals surface area contributed by atoms with Gasteiger partial charge in [0.25, 0.3) is 0 Å². The fourth-order valence-corrected chi connectivity index (χ4v) is 3.69. The minimum absolute atomic E-state index is 0.104. The van der Waals surface area contributed by atoms with E-state index in [-0.39, 0.29) is 11.0 Å². The van der Waals surface area contributed by atoms with E-state index >= 15 is 0 Å². The van der Waals surface area contributed by atoms with Gasteiger partial charge in [0, 0.05) is 5.56 Å². The highest BCUT2D eigenvalue weighted by molar-refractivity contribution is 8.02. The lowest BCUT2D eigenvalue weighted by atomic mass is 10.0. The first kappa shape index (κ1) is 15.0. The average molecular weight is 307 g/mol. The summed E-state index contributed by atoms with van der Waals surface area (Å²) >= 11 is 2.70. The number of nitrogens with zero attached hydrogens (tertiary/aromatic N) is 2. The number of carbonyl (C=O) groups is 1. The number of hydrogen-bond acceptors (Lipinski definition) is 6. The van der Waals surface area contributed by atoms with Gasteiger partial charge in [-0.3, -0.25) is 4.79 Å². The van der Waals surface area contributed by atoms with Crippen LogP contribution in [-0.2, 0) is 6.42 Å². The van der Waals surface area contributed by atoms with E-state index in [1.54, 1.807) is 0 Å². The van der Waals surface area contributed by atoms with E-state index in [9.17, 15) is 4.79 Å². The molecule has 0 bridgehead atoms. The number of nitrogen functional groups attached to an aromatic ring is 1. The van der Waals surface area contributed by atoms with Crippen LogP contribution >= 0.6 is 23.1 Å². The van der Waals surface area contributed by atoms with Crippen molar-refractivity contribution >= 4 is 34.0 Å². The topological polar surface area (TPSA) is 68.9 Å². The van der Waals surface area contributed by atoms with Crippen LogP contribution in [0.25, 0.3) is 0 Å². The van der Waals surface area contributed by atoms with Gasteiger partial charge >= 0.3 is 0 Å². The maximum atomic E-state index is 12.3. The lowest BCUT2D eigenvalue weighted by Crippen LogP contribution is -2.13. The molecule has 0 spiro atoms. The molecule has 0 aliphatic carbocycles. The largest absolute Gasteiger partial charge is 0.374 e. The molecule has 2 aromatic rings. The second kappa shape index (κ2) is 6.85. The third-order valence-electron chi connectivity index (χ3n) is 2.85. The third-order valence-corrected chi connectivity index (χ3v) is 4.78. The number of rotatable bonds is 6. The van der Waals surface area contributed by atoms with Gasteiger partial charge in [0.1, 0.15) is 0 Å². The molecule has 0 fully saturated rings. The highest BCUT2D eigenvalue weighted by atomic mass is 32.2. The molecule has 0 saturated carbocycles. The zero-order valence-electron chi connectivity index (χ0n) is 11.5. The first-order valence-electron chi connectivity index (χ1n) is 6.49. The van der Waals surface area contributed by atoms with Crippen molar-refractivity contribution < 1.29 is 4.79 Å². The van der Waals surface area contributed by atoms with Crippen molar-refractivity contribution in [3.8, 4) is 0 Å². The Balaban J connectivity index is 2.02. The van der Waals surface area contributed by atoms with Crippen molar-refractivity contribution in [1.29, 1.82) is 0 Å². The Bertz CT molecular complexity index is 580. The van der Waals surface area contributed by atoms with Crippen LogP contribution in [-0.4, -0.2) is 21.2 Å². The molecule has 20 heavy (non-hydrogen) atoms. The molecule has 2 rings (SSSR count). The lowest BCUT2D eigenvalue weighted by molar-refractivity contribution is 0.0994. The fourth-order valence-electron chi connectivity index (χ4n) is 1.83. The molecule has 1 heterocycles. The van der Waals surface area contributed by atoms with Gasteiger partial charge in [-0.1, -0.05) is 60.7 Å². The average Bonchev–Trinajstić information content (AvgIpc) is 2.84. The number of carbonyl (C=O) groups excluding carboxylic acids is 1. The third kappa shape index (κ3) is 3.80. The smallest absolute Gasteiger partial charge is 0.203 e. The van der Waals surface area contributed by atoms with Crippen LogP contribution in [0.1, 0.15) is 36.2 Å². The molecule has 0 aliphatic rings. The standard InChI is InChI=1S/C14H17N3OS2/c1-3-4-10-5-7-11(8-6-10)12(18)9(2)19-14-17-16-13(15)20-14/h5-9H,3-4H2,1-2H3,(H2,15,16)/t9-/m1/s1. The Hall–Kier alpha value is -1.40. The van der Waals surface area contributed by atoms with Crippen molar-refractivity contribution in [3.63, 3.8) is 0 Å². The van der Waals surface area contributed by atoms with E-state index in [2.05, 4.69) is 17.1 Å². The predicted molar refractivity (Wildman–Crippen MR) is 84.4 cm³/mol. The van der Waals surface area contributed by atoms with Crippen molar-refractivity contribution in [1.82, 2.24) is 10.2 Å². The van der Waals surface area contributed by atoms with Crippen molar-refractivity contribution in [3.05, 3.63) is 35.4 Å². The molecule has 4 nitrogen and oxygen atoms in total. The van der Waals surface area contributed by atoms with Gasteiger partial charge in [-0.25, -0.2) is 0 Å². The Morgan fingerprint density at radius 1 is 1.35 bits per heavy atom. The lowest BCUT2D eigenvalue weighted by Gasteiger charge is -2.08. The van der Waals surface area contributed by atoms with Crippen LogP contribution in [0.4, 0.5) is 5.13 Å². The van der Waals surface area contributed by atoms with Gasteiger partial charge < -0.3 is 5.73 Å². The fraction of sp³-hybridized carbons (Fsp3) is 0.357. The summed E-state index contributed by atoms with van der Waals surface area (Å²) in [5, 5.41) is 7.90. The minimum Gasteiger partial charge on any atom is -0.374 e. The summed E-state index contributed by atoms with van der Waals surface area (Å²) in [6.45, 7) is 4.02. The Morgan fingerprint density at radius 3 is 2.60 bits per heavy atom. The van der Waals surface area contributed by atoms with Crippen LogP contribution in [0.15, 0.2) is 28.6 Å². The monoisotopic (exact) mass is 307 g/mol. The molecule has 2 N–H and O–H groups in total. The van der Waals surface area contributed by atoms with Gasteiger partial charge in [-0.2, -0.15) is 0 Å². The second-order valence-corrected chi connectivity index (χ2v) is 7.07. The molecule has 1 aromatic heterocycles. The second-order valence-electron chi connectivity index (χ2n) is 4.48. The number of aryl methyl sites for hydroxylation is 1. The number of hydrogen-bond donors (Lipinski definition) is 1. The van der Waals surface area contributed by atoms with Crippen LogP contribution in [0.5, 0.6) is 0 Å². The number of thioether (sulfide) groups is 1. The number of anilines is 1. The quantitative estimate of drug-likeness (QED) is 0.654. The molecule has 0 amide bonds. The van der Waals surface area contributed by atoms with Crippen molar-refractivity contribution in [2.24, 2.45) is 0 Å². The molecule has 0 unspecified atom stereocenters. The first-order valence-corrected chi connectivity index (χ1v) is 8.18. The Morgan fingerprint density at radius 2 is 2.05 bits per heavy atom. The van der Waals surface area contributed by atoms with Gasteiger partial charge in [0.05, 0.1) is 5.25 Å². The molecule has 0 radical (unpaired) electrons. The van der Waals surface area contributed by atoms with Crippen molar-refractivity contribution in [2.45, 2.75) is 36.3 Å². The first-order chi connectivity index (χ1) is 9.60. The van der Waals surface area contributed by atoms with Crippen LogP contribution in [0.2, 0.25) is 0 Å². The molecule has 0 saturated heterocycles. The summed E-state index contributed by atoms with van der Waals surface area (Å²) in [7, 11) is 0. The number of ketones is 1. The van der Waals surface area contributed by atoms with Crippen molar-refractivity contribution in [2.75, 3.05) is 5.73 Å². The molecule has 1 atom stereocenters. The molecular weight excluding hydrogens is 290 g/mol. The van der Waals surface area contributed by atoms with Gasteiger partial charge in [-0.05, 0) is 18.9 Å². The minimum atomic E-state index is -0.195. The highest BCUT2D eigenvalue weighted by Gasteiger charge is 2.18. The summed E-state index contributed by atoms with van der Waals surface area (Å²) in [6.07, 6.45) is 2.15. The summed E-state index contributed by atoms with van der Waals surface area (Å²) < 4.78 is 0.728. The maximum absolute atomic E-state index is 12.3. The Labute approximate surface area is 126 Å². The van der Waals surface area contributed by atoms with E-state index in [1.165, 1.54) is 28.7 Å². The number of nitrogens with two attached hydrogens (primary N) is 1. The summed E-state index contributed by atoms with van der Waals surface area (Å²) in [4.78, 5) is 12.3. The van der Waals surface area contributed by atoms with Gasteiger partial charge in [-0.15, -0.1) is 10.2 Å². The van der Waals surface area contributed by atoms with E-state index in [0.29, 0.717) is 5.13 Å². The van der Waals surface area contributed by atoms with Crippen LogP contribution < -0.4 is 5.73 Å². The SMILES string of the molecule is CCCc1ccc(C(=O)[C@@H](C)Sc2nnc(N)s2)cc1. The highest BCUT2D eigenvalue weighted by Crippen LogP contribution is 2.29. The van der Waals surface area contributed by atoms with Crippen LogP contribution in [0.3, 0.4) is 0 Å². The van der Waals surface area contributed by atoms with Gasteiger partial charge in [0.2, 0.25) is 5.13 Å². The number of benzene rings is 1. The summed E-state index contributed by atoms with van der Waals surface area (Å²) in [5.41, 5.74) is 7.54. The zero-order chi connectivity index (χ0) is 14.5. The van der Waals surface area contributed by atoms with E-state index < -0.39 is 0 Å². The number of aromatic nitrogens is 2. The van der Waals surface area contributed by atoms with E-state index in [4.69, 9.17) is 5.73 Å². The molecule has 1 aromatic carbocycles. The van der Waals surface area contributed by atoms with Crippen LogP contribution in [0, 0.1) is 0 Å². The van der Waals surface area contributed by atoms with E-state index in [1.807, 2.05) is 31.2 Å². The molecule has 106 valence electrons. The Kier molecular flexibility index (Phi) is 5.14. The normalized spacial score (nSPS) is 12.3. The van der Waals surface area contributed by atoms with E-state index in [0.717, 1.165) is 22.7 Å². The summed E-state index contributed by atoms with van der Waals surface area (Å²) in [5.74, 6) is 0.104. The predicted octanol–water partition coefficient (Wildman–Crippen LogP) is 3.44. The van der Waals surface area contributed by atoms with Gasteiger partial charge in [0.15, 0.2) is 10.1 Å². The zero-order valence-corrected chi connectivity index (χ0v) is 13.1. The molecule has 0 aliphatic heterocycles. The number of Topliss-reactive ketones (excluding diaryl/α,β-unsaturated/α-hetero) is 1. The summed E-state index contributed by atoms with van der Waals surface area (Å²) in [6, 6.07) is 7.85. The molecule has 6 heteroatoms. The molecular formula is C14H17N3OS2. The maximum Gasteiger partial charge on any atom is 0.203 e.